The third kappa shape index (κ3) is 4.75. The largest absolute Gasteiger partial charge is 0.358 e. The zero-order valence-electron chi connectivity index (χ0n) is 14.9. The van der Waals surface area contributed by atoms with E-state index < -0.39 is 0 Å². The van der Waals surface area contributed by atoms with Crippen molar-refractivity contribution >= 4 is 5.91 Å². The summed E-state index contributed by atoms with van der Waals surface area (Å²) in [5.41, 5.74) is -0.107. The third-order valence-electron chi connectivity index (χ3n) is 4.29. The van der Waals surface area contributed by atoms with Crippen molar-refractivity contribution in [2.24, 2.45) is 0 Å². The Morgan fingerprint density at radius 3 is 2.65 bits per heavy atom. The second kappa shape index (κ2) is 7.40. The molecule has 0 aliphatic carbocycles. The van der Waals surface area contributed by atoms with E-state index in [2.05, 4.69) is 53.0 Å². The maximum atomic E-state index is 11.5. The van der Waals surface area contributed by atoms with Crippen LogP contribution in [0.2, 0.25) is 0 Å². The van der Waals surface area contributed by atoms with Crippen LogP contribution in [0, 0.1) is 0 Å². The normalized spacial score (nSPS) is 19.3. The quantitative estimate of drug-likeness (QED) is 0.897. The summed E-state index contributed by atoms with van der Waals surface area (Å²) >= 11 is 0. The number of nitrogens with zero attached hydrogens (tertiary/aromatic N) is 4. The van der Waals surface area contributed by atoms with Gasteiger partial charge in [-0.2, -0.15) is 4.98 Å². The van der Waals surface area contributed by atoms with Crippen molar-refractivity contribution in [1.29, 1.82) is 0 Å². The van der Waals surface area contributed by atoms with Gasteiger partial charge in [0.05, 0.1) is 12.6 Å². The van der Waals surface area contributed by atoms with Crippen LogP contribution in [0.1, 0.15) is 51.9 Å². The van der Waals surface area contributed by atoms with Gasteiger partial charge in [-0.15, -0.1) is 0 Å². The number of carbonyl (C=O) groups excluding carboxylic acids is 1. The summed E-state index contributed by atoms with van der Waals surface area (Å²) in [6.07, 6.45) is 1.03. The van der Waals surface area contributed by atoms with Gasteiger partial charge in [-0.3, -0.25) is 14.6 Å². The minimum Gasteiger partial charge on any atom is -0.358 e. The smallest absolute Gasteiger partial charge is 0.243 e. The average Bonchev–Trinajstić information content (AvgIpc) is 2.89. The lowest BCUT2D eigenvalue weighted by molar-refractivity contribution is -0.121. The summed E-state index contributed by atoms with van der Waals surface area (Å²) in [7, 11) is 1.68. The highest BCUT2D eigenvalue weighted by atomic mass is 16.5. The van der Waals surface area contributed by atoms with Crippen molar-refractivity contribution in [2.45, 2.75) is 45.6 Å². The van der Waals surface area contributed by atoms with Crippen LogP contribution in [0.25, 0.3) is 0 Å². The Kier molecular flexibility index (Phi) is 5.75. The molecule has 130 valence electrons. The monoisotopic (exact) mass is 323 g/mol. The highest BCUT2D eigenvalue weighted by Crippen LogP contribution is 2.24. The molecule has 1 N–H and O–H groups in total. The lowest BCUT2D eigenvalue weighted by atomic mass is 9.96. The lowest BCUT2D eigenvalue weighted by Gasteiger charge is -2.25. The number of aromatic nitrogens is 2. The maximum absolute atomic E-state index is 11.5. The lowest BCUT2D eigenvalue weighted by Crippen LogP contribution is -2.38. The molecule has 0 saturated carbocycles. The maximum Gasteiger partial charge on any atom is 0.243 e. The molecule has 7 nitrogen and oxygen atoms in total. The fraction of sp³-hybridized carbons (Fsp3) is 0.812. The highest BCUT2D eigenvalue weighted by Gasteiger charge is 2.27. The van der Waals surface area contributed by atoms with E-state index in [0.29, 0.717) is 12.4 Å². The van der Waals surface area contributed by atoms with Gasteiger partial charge in [-0.05, 0) is 19.9 Å². The molecule has 1 saturated heterocycles. The Morgan fingerprint density at radius 2 is 2.04 bits per heavy atom. The standard InChI is InChI=1S/C16H29N5O2/c1-12(14-18-15(19-23-14)16(2,3)4)21-8-6-7-20(9-10-21)11-13(22)17-5/h12H,6-11H2,1-5H3,(H,17,22)/t12-/m1/s1. The second-order valence-electron chi connectivity index (χ2n) is 7.22. The Balaban J connectivity index is 1.96. The van der Waals surface area contributed by atoms with Crippen LogP contribution in [0.4, 0.5) is 0 Å². The summed E-state index contributed by atoms with van der Waals surface area (Å²) in [6, 6.07) is 0.0959. The first kappa shape index (κ1) is 17.9. The van der Waals surface area contributed by atoms with Gasteiger partial charge >= 0.3 is 0 Å². The molecule has 1 aliphatic heterocycles. The van der Waals surface area contributed by atoms with Crippen LogP contribution in [0.15, 0.2) is 4.52 Å². The van der Waals surface area contributed by atoms with Crippen LogP contribution in [-0.2, 0) is 10.2 Å². The van der Waals surface area contributed by atoms with Crippen LogP contribution in [-0.4, -0.2) is 65.6 Å². The number of nitrogens with one attached hydrogen (secondary N) is 1. The van der Waals surface area contributed by atoms with Gasteiger partial charge < -0.3 is 9.84 Å². The number of likely N-dealkylation sites (N-methyl/N-ethyl adjacent to an activating group) is 1. The first-order valence-corrected chi connectivity index (χ1v) is 8.32. The number of hydrogen-bond donors (Lipinski definition) is 1. The second-order valence-corrected chi connectivity index (χ2v) is 7.22. The Morgan fingerprint density at radius 1 is 1.30 bits per heavy atom. The number of rotatable bonds is 4. The molecule has 1 aromatic rings. The number of hydrogen-bond acceptors (Lipinski definition) is 6. The van der Waals surface area contributed by atoms with E-state index >= 15 is 0 Å². The van der Waals surface area contributed by atoms with Crippen molar-refractivity contribution in [3.63, 3.8) is 0 Å². The topological polar surface area (TPSA) is 74.5 Å². The molecule has 2 heterocycles. The molecule has 0 aromatic carbocycles. The first-order valence-electron chi connectivity index (χ1n) is 8.32. The van der Waals surface area contributed by atoms with Crippen molar-refractivity contribution in [1.82, 2.24) is 25.3 Å². The molecular weight excluding hydrogens is 294 g/mol. The van der Waals surface area contributed by atoms with Crippen molar-refractivity contribution in [3.05, 3.63) is 11.7 Å². The summed E-state index contributed by atoms with van der Waals surface area (Å²) in [4.78, 5) is 20.6. The van der Waals surface area contributed by atoms with Crippen molar-refractivity contribution < 1.29 is 9.32 Å². The molecule has 23 heavy (non-hydrogen) atoms. The zero-order valence-corrected chi connectivity index (χ0v) is 14.9. The van der Waals surface area contributed by atoms with Gasteiger partial charge in [0.1, 0.15) is 0 Å². The number of carbonyl (C=O) groups is 1. The fourth-order valence-electron chi connectivity index (χ4n) is 2.68. The first-order chi connectivity index (χ1) is 10.8. The van der Waals surface area contributed by atoms with E-state index in [4.69, 9.17) is 4.52 Å². The summed E-state index contributed by atoms with van der Waals surface area (Å²) < 4.78 is 5.48. The summed E-state index contributed by atoms with van der Waals surface area (Å²) in [5.74, 6) is 1.49. The van der Waals surface area contributed by atoms with Gasteiger partial charge in [-0.25, -0.2) is 0 Å². The van der Waals surface area contributed by atoms with Crippen LogP contribution < -0.4 is 5.32 Å². The summed E-state index contributed by atoms with van der Waals surface area (Å²) in [6.45, 7) is 12.5. The van der Waals surface area contributed by atoms with E-state index in [1.165, 1.54) is 0 Å². The molecular formula is C16H29N5O2. The number of amides is 1. The molecule has 1 fully saturated rings. The van der Waals surface area contributed by atoms with Gasteiger partial charge in [0.15, 0.2) is 5.82 Å². The zero-order chi connectivity index (χ0) is 17.0. The molecule has 1 amide bonds. The molecule has 0 spiro atoms. The van der Waals surface area contributed by atoms with E-state index in [0.717, 1.165) is 38.4 Å². The van der Waals surface area contributed by atoms with Gasteiger partial charge in [0.25, 0.3) is 0 Å². The Bertz CT molecular complexity index is 523. The Hall–Kier alpha value is -1.47. The van der Waals surface area contributed by atoms with E-state index in [1.807, 2.05) is 0 Å². The molecule has 1 atom stereocenters. The SMILES string of the molecule is CNC(=O)CN1CCCN([C@H](C)c2nc(C(C)(C)C)no2)CC1. The molecule has 0 bridgehead atoms. The van der Waals surface area contributed by atoms with Crippen molar-refractivity contribution in [2.75, 3.05) is 39.8 Å². The van der Waals surface area contributed by atoms with Crippen LogP contribution in [0.5, 0.6) is 0 Å². The fourth-order valence-corrected chi connectivity index (χ4v) is 2.68. The predicted octanol–water partition coefficient (Wildman–Crippen LogP) is 1.18. The molecule has 1 aromatic heterocycles. The van der Waals surface area contributed by atoms with Gasteiger partial charge in [-0.1, -0.05) is 25.9 Å². The Labute approximate surface area is 138 Å². The van der Waals surface area contributed by atoms with Gasteiger partial charge in [0.2, 0.25) is 11.8 Å². The van der Waals surface area contributed by atoms with Crippen molar-refractivity contribution in [3.8, 4) is 0 Å². The minimum absolute atomic E-state index is 0.0678. The molecule has 7 heteroatoms. The average molecular weight is 323 g/mol. The molecule has 0 radical (unpaired) electrons. The van der Waals surface area contributed by atoms with Crippen LogP contribution >= 0.6 is 0 Å². The predicted molar refractivity (Wildman–Crippen MR) is 88.1 cm³/mol. The van der Waals surface area contributed by atoms with E-state index in [9.17, 15) is 4.79 Å². The minimum atomic E-state index is -0.107. The summed E-state index contributed by atoms with van der Waals surface area (Å²) in [5, 5.41) is 6.80. The van der Waals surface area contributed by atoms with Crippen LogP contribution in [0.3, 0.4) is 0 Å². The molecule has 0 unspecified atom stereocenters. The molecule has 1 aliphatic rings. The highest BCUT2D eigenvalue weighted by molar-refractivity contribution is 5.77. The van der Waals surface area contributed by atoms with E-state index in [-0.39, 0.29) is 17.4 Å². The third-order valence-corrected chi connectivity index (χ3v) is 4.29. The molecule has 2 rings (SSSR count). The van der Waals surface area contributed by atoms with Gasteiger partial charge in [0, 0.05) is 32.1 Å². The van der Waals surface area contributed by atoms with E-state index in [1.54, 1.807) is 7.05 Å².